The third kappa shape index (κ3) is 5.70. The summed E-state index contributed by atoms with van der Waals surface area (Å²) in [6, 6.07) is 1.65. The van der Waals surface area contributed by atoms with Gasteiger partial charge in [-0.05, 0) is 18.4 Å². The molecule has 5 heterocycles. The van der Waals surface area contributed by atoms with Gasteiger partial charge in [-0.25, -0.2) is 4.52 Å². The van der Waals surface area contributed by atoms with E-state index in [-0.39, 0.29) is 23.4 Å². The summed E-state index contributed by atoms with van der Waals surface area (Å²) in [6.45, 7) is 6.84. The van der Waals surface area contributed by atoms with Crippen molar-refractivity contribution in [3.05, 3.63) is 48.3 Å². The van der Waals surface area contributed by atoms with E-state index in [1.807, 2.05) is 0 Å². The smallest absolute Gasteiger partial charge is 0.324 e. The van der Waals surface area contributed by atoms with Gasteiger partial charge in [0, 0.05) is 31.0 Å². The van der Waals surface area contributed by atoms with Crippen LogP contribution in [0.5, 0.6) is 0 Å². The van der Waals surface area contributed by atoms with Gasteiger partial charge in [0.1, 0.15) is 11.4 Å². The van der Waals surface area contributed by atoms with Gasteiger partial charge >= 0.3 is 6.18 Å². The normalized spacial score (nSPS) is 15.4. The van der Waals surface area contributed by atoms with Crippen LogP contribution in [0.4, 0.5) is 24.5 Å². The number of fused-ring (bicyclic) bond motifs is 1. The molecule has 0 spiro atoms. The Morgan fingerprint density at radius 1 is 1.11 bits per heavy atom. The average Bonchev–Trinajstić information content (AvgIpc) is 3.49. The van der Waals surface area contributed by atoms with Crippen LogP contribution in [0.3, 0.4) is 0 Å². The lowest BCUT2D eigenvalue weighted by Crippen LogP contribution is -2.54. The number of likely N-dealkylation sites (tertiary alicyclic amines) is 1. The number of nitrogens with zero attached hydrogens (tertiary/aromatic N) is 6. The van der Waals surface area contributed by atoms with E-state index in [9.17, 15) is 22.8 Å². The predicted octanol–water partition coefficient (Wildman–Crippen LogP) is 4.06. The Labute approximate surface area is 219 Å². The van der Waals surface area contributed by atoms with Crippen molar-refractivity contribution in [2.45, 2.75) is 33.5 Å². The van der Waals surface area contributed by atoms with Crippen LogP contribution in [0.15, 0.2) is 37.1 Å². The van der Waals surface area contributed by atoms with Crippen molar-refractivity contribution in [2.24, 2.45) is 5.41 Å². The van der Waals surface area contributed by atoms with E-state index in [1.165, 1.54) is 40.6 Å². The van der Waals surface area contributed by atoms with Crippen molar-refractivity contribution in [1.82, 2.24) is 29.3 Å². The zero-order chi connectivity index (χ0) is 27.2. The first-order chi connectivity index (χ1) is 17.8. The lowest BCUT2D eigenvalue weighted by Gasteiger charge is -2.45. The molecule has 14 heteroatoms. The van der Waals surface area contributed by atoms with E-state index in [1.54, 1.807) is 19.2 Å². The van der Waals surface area contributed by atoms with Crippen LogP contribution in [-0.4, -0.2) is 66.9 Å². The van der Waals surface area contributed by atoms with E-state index >= 15 is 0 Å². The van der Waals surface area contributed by atoms with E-state index in [2.05, 4.69) is 44.6 Å². The lowest BCUT2D eigenvalue weighted by atomic mass is 9.84. The molecule has 0 radical (unpaired) electrons. The molecule has 2 amide bonds. The molecule has 0 aromatic carbocycles. The largest absolute Gasteiger partial charge is 0.408 e. The molecular formula is C24H25F3N8O2S. The van der Waals surface area contributed by atoms with Crippen LogP contribution < -0.4 is 10.6 Å². The third-order valence-electron chi connectivity index (χ3n) is 5.99. The van der Waals surface area contributed by atoms with Gasteiger partial charge in [0.25, 0.3) is 5.91 Å². The summed E-state index contributed by atoms with van der Waals surface area (Å²) >= 11 is 1.21. The Hall–Kier alpha value is -3.78. The Balaban J connectivity index is 1.28. The molecule has 1 saturated heterocycles. The van der Waals surface area contributed by atoms with Crippen LogP contribution in [-0.2, 0) is 11.3 Å². The molecule has 4 aromatic heterocycles. The van der Waals surface area contributed by atoms with E-state index in [0.717, 1.165) is 17.8 Å². The standard InChI is InChI=1S/C24H25F3N8O2S/c1-14-18(4-16(6-28-14)31-20(36)10-33-11-23(2,3)12-33)32-21(37)17-7-30-35-9-19(38-22(17)35)15-5-29-34(8-15)13-24(25,26)27/h4-9H,10-13H2,1-3H3,(H,31,36)(H,32,37). The summed E-state index contributed by atoms with van der Waals surface area (Å²) in [5.74, 6) is -0.594. The fourth-order valence-electron chi connectivity index (χ4n) is 4.43. The molecule has 0 bridgehead atoms. The number of rotatable bonds is 7. The molecule has 0 aliphatic carbocycles. The Bertz CT molecular complexity index is 1510. The van der Waals surface area contributed by atoms with Crippen LogP contribution >= 0.6 is 11.3 Å². The van der Waals surface area contributed by atoms with Crippen LogP contribution in [0, 0.1) is 12.3 Å². The minimum Gasteiger partial charge on any atom is -0.324 e. The zero-order valence-electron chi connectivity index (χ0n) is 20.8. The van der Waals surface area contributed by atoms with Crippen molar-refractivity contribution in [1.29, 1.82) is 0 Å². The van der Waals surface area contributed by atoms with Gasteiger partial charge in [-0.1, -0.05) is 13.8 Å². The van der Waals surface area contributed by atoms with Gasteiger partial charge in [-0.15, -0.1) is 11.3 Å². The molecule has 2 N–H and O–H groups in total. The molecule has 38 heavy (non-hydrogen) atoms. The molecule has 200 valence electrons. The first-order valence-corrected chi connectivity index (χ1v) is 12.5. The topological polar surface area (TPSA) is 109 Å². The summed E-state index contributed by atoms with van der Waals surface area (Å²) in [4.78, 5) is 33.0. The first kappa shape index (κ1) is 25.9. The monoisotopic (exact) mass is 546 g/mol. The maximum absolute atomic E-state index is 13.1. The lowest BCUT2D eigenvalue weighted by molar-refractivity contribution is -0.142. The molecule has 10 nitrogen and oxygen atoms in total. The molecule has 4 aromatic rings. The number of halogens is 3. The number of hydrogen-bond donors (Lipinski definition) is 2. The quantitative estimate of drug-likeness (QED) is 0.362. The van der Waals surface area contributed by atoms with E-state index in [4.69, 9.17) is 0 Å². The van der Waals surface area contributed by atoms with Crippen molar-refractivity contribution in [3.8, 4) is 10.4 Å². The Morgan fingerprint density at radius 3 is 2.58 bits per heavy atom. The number of pyridine rings is 1. The molecule has 1 aliphatic heterocycles. The first-order valence-electron chi connectivity index (χ1n) is 11.7. The number of thiazole rings is 1. The number of anilines is 2. The number of alkyl halides is 3. The Kier molecular flexibility index (Phi) is 6.47. The fraction of sp³-hybridized carbons (Fsp3) is 0.375. The predicted molar refractivity (Wildman–Crippen MR) is 136 cm³/mol. The summed E-state index contributed by atoms with van der Waals surface area (Å²) in [5.41, 5.74) is 2.46. The summed E-state index contributed by atoms with van der Waals surface area (Å²) in [7, 11) is 0. The van der Waals surface area contributed by atoms with Gasteiger partial charge in [0.2, 0.25) is 5.91 Å². The van der Waals surface area contributed by atoms with Gasteiger partial charge in [0.05, 0.1) is 52.6 Å². The molecule has 1 fully saturated rings. The maximum atomic E-state index is 13.1. The zero-order valence-corrected chi connectivity index (χ0v) is 21.7. The highest BCUT2D eigenvalue weighted by molar-refractivity contribution is 7.21. The second-order valence-electron chi connectivity index (χ2n) is 10.1. The van der Waals surface area contributed by atoms with Crippen molar-refractivity contribution >= 4 is 39.4 Å². The number of aryl methyl sites for hydroxylation is 1. The van der Waals surface area contributed by atoms with Crippen LogP contribution in [0.1, 0.15) is 29.9 Å². The maximum Gasteiger partial charge on any atom is 0.408 e. The molecule has 1 aliphatic rings. The number of carbonyl (C=O) groups is 2. The van der Waals surface area contributed by atoms with Crippen molar-refractivity contribution in [2.75, 3.05) is 30.3 Å². The fourth-order valence-corrected chi connectivity index (χ4v) is 5.47. The summed E-state index contributed by atoms with van der Waals surface area (Å²) in [5, 5.41) is 13.6. The van der Waals surface area contributed by atoms with Crippen molar-refractivity contribution < 1.29 is 22.8 Å². The average molecular weight is 547 g/mol. The second kappa shape index (κ2) is 9.51. The number of nitrogens with one attached hydrogen (secondary N) is 2. The Morgan fingerprint density at radius 2 is 1.87 bits per heavy atom. The second-order valence-corrected chi connectivity index (χ2v) is 11.1. The molecule has 5 rings (SSSR count). The molecule has 0 saturated carbocycles. The molecule has 0 unspecified atom stereocenters. The minimum absolute atomic E-state index is 0.161. The van der Waals surface area contributed by atoms with Crippen LogP contribution in [0.25, 0.3) is 15.3 Å². The van der Waals surface area contributed by atoms with Gasteiger partial charge in [-0.3, -0.25) is 24.2 Å². The van der Waals surface area contributed by atoms with Crippen LogP contribution in [0.2, 0.25) is 0 Å². The number of aromatic nitrogens is 5. The number of carbonyl (C=O) groups excluding carboxylic acids is 2. The van der Waals surface area contributed by atoms with Crippen molar-refractivity contribution in [3.63, 3.8) is 0 Å². The van der Waals surface area contributed by atoms with E-state index < -0.39 is 18.6 Å². The number of amides is 2. The molecule has 0 atom stereocenters. The number of hydrogen-bond acceptors (Lipinski definition) is 7. The van der Waals surface area contributed by atoms with Gasteiger partial charge in [-0.2, -0.15) is 23.4 Å². The SMILES string of the molecule is Cc1ncc(NC(=O)CN2CC(C)(C)C2)cc1NC(=O)c1cnn2cc(-c3cnn(CC(F)(F)F)c3)sc12. The minimum atomic E-state index is -4.38. The molecular weight excluding hydrogens is 521 g/mol. The summed E-state index contributed by atoms with van der Waals surface area (Å²) < 4.78 is 40.3. The highest BCUT2D eigenvalue weighted by atomic mass is 32.1. The van der Waals surface area contributed by atoms with Gasteiger partial charge in [0.15, 0.2) is 0 Å². The highest BCUT2D eigenvalue weighted by Gasteiger charge is 2.34. The van der Waals surface area contributed by atoms with Gasteiger partial charge < -0.3 is 10.6 Å². The summed E-state index contributed by atoms with van der Waals surface area (Å²) in [6.07, 6.45) is 2.85. The highest BCUT2D eigenvalue weighted by Crippen LogP contribution is 2.32. The van der Waals surface area contributed by atoms with E-state index in [0.29, 0.717) is 32.3 Å². The third-order valence-corrected chi connectivity index (χ3v) is 7.15.